The van der Waals surface area contributed by atoms with Gasteiger partial charge < -0.3 is 5.32 Å². The molecule has 0 bridgehead atoms. The van der Waals surface area contributed by atoms with E-state index in [4.69, 9.17) is 23.2 Å². The standard InChI is InChI=1S/C12H13Cl2NO/c13-9-5-8(6-10(14)7-9)11-3-1-2-4-12(16)15-11/h5-7,11H,1-4H2,(H,15,16). The molecule has 2 nitrogen and oxygen atoms in total. The fourth-order valence-electron chi connectivity index (χ4n) is 2.00. The molecule has 1 aliphatic rings. The number of rotatable bonds is 1. The predicted molar refractivity (Wildman–Crippen MR) is 65.8 cm³/mol. The molecule has 1 fully saturated rings. The first-order valence-corrected chi connectivity index (χ1v) is 6.16. The average molecular weight is 258 g/mol. The summed E-state index contributed by atoms with van der Waals surface area (Å²) in [6.45, 7) is 0. The molecule has 1 amide bonds. The number of carbonyl (C=O) groups excluding carboxylic acids is 1. The van der Waals surface area contributed by atoms with Crippen molar-refractivity contribution >= 4 is 29.1 Å². The molecule has 86 valence electrons. The smallest absolute Gasteiger partial charge is 0.220 e. The van der Waals surface area contributed by atoms with Crippen LogP contribution in [-0.4, -0.2) is 5.91 Å². The molecule has 1 aliphatic heterocycles. The number of benzene rings is 1. The first-order valence-electron chi connectivity index (χ1n) is 5.40. The molecule has 0 saturated carbocycles. The SMILES string of the molecule is O=C1CCCCC(c2cc(Cl)cc(Cl)c2)N1. The molecular formula is C12H13Cl2NO. The van der Waals surface area contributed by atoms with Crippen LogP contribution >= 0.6 is 23.2 Å². The fourth-order valence-corrected chi connectivity index (χ4v) is 2.54. The van der Waals surface area contributed by atoms with Gasteiger partial charge in [0.1, 0.15) is 0 Å². The number of nitrogens with one attached hydrogen (secondary N) is 1. The third kappa shape index (κ3) is 2.89. The molecule has 1 unspecified atom stereocenters. The zero-order valence-electron chi connectivity index (χ0n) is 8.80. The molecule has 0 spiro atoms. The second-order valence-electron chi connectivity index (χ2n) is 4.07. The highest BCUT2D eigenvalue weighted by molar-refractivity contribution is 6.34. The van der Waals surface area contributed by atoms with E-state index >= 15 is 0 Å². The van der Waals surface area contributed by atoms with Crippen molar-refractivity contribution in [2.75, 3.05) is 0 Å². The van der Waals surface area contributed by atoms with E-state index < -0.39 is 0 Å². The molecule has 4 heteroatoms. The highest BCUT2D eigenvalue weighted by Gasteiger charge is 2.18. The summed E-state index contributed by atoms with van der Waals surface area (Å²) in [5, 5.41) is 4.22. The van der Waals surface area contributed by atoms with Gasteiger partial charge in [-0.15, -0.1) is 0 Å². The van der Waals surface area contributed by atoms with Crippen LogP contribution in [0.2, 0.25) is 10.0 Å². The van der Waals surface area contributed by atoms with Crippen LogP contribution < -0.4 is 5.32 Å². The van der Waals surface area contributed by atoms with Gasteiger partial charge in [-0.1, -0.05) is 29.6 Å². The monoisotopic (exact) mass is 257 g/mol. The average Bonchev–Trinajstić information content (AvgIpc) is 2.41. The van der Waals surface area contributed by atoms with Gasteiger partial charge in [-0.2, -0.15) is 0 Å². The fraction of sp³-hybridized carbons (Fsp3) is 0.417. The molecule has 0 radical (unpaired) electrons. The van der Waals surface area contributed by atoms with Crippen molar-refractivity contribution in [3.8, 4) is 0 Å². The van der Waals surface area contributed by atoms with Crippen LogP contribution in [0.1, 0.15) is 37.3 Å². The summed E-state index contributed by atoms with van der Waals surface area (Å²) in [5.74, 6) is 0.110. The largest absolute Gasteiger partial charge is 0.349 e. The lowest BCUT2D eigenvalue weighted by Crippen LogP contribution is -2.26. The topological polar surface area (TPSA) is 29.1 Å². The Balaban J connectivity index is 2.24. The second kappa shape index (κ2) is 5.07. The van der Waals surface area contributed by atoms with Crippen LogP contribution in [0.15, 0.2) is 18.2 Å². The van der Waals surface area contributed by atoms with Crippen molar-refractivity contribution in [2.24, 2.45) is 0 Å². The zero-order valence-corrected chi connectivity index (χ0v) is 10.3. The molecule has 1 N–H and O–H groups in total. The Labute approximate surface area is 105 Å². The van der Waals surface area contributed by atoms with Crippen LogP contribution in [0, 0.1) is 0 Å². The predicted octanol–water partition coefficient (Wildman–Crippen LogP) is 3.72. The van der Waals surface area contributed by atoms with Gasteiger partial charge in [-0.05, 0) is 36.6 Å². The van der Waals surface area contributed by atoms with Gasteiger partial charge in [-0.25, -0.2) is 0 Å². The zero-order chi connectivity index (χ0) is 11.5. The summed E-state index contributed by atoms with van der Waals surface area (Å²) in [6, 6.07) is 5.48. The summed E-state index contributed by atoms with van der Waals surface area (Å²) in [6.07, 6.45) is 3.57. The summed E-state index contributed by atoms with van der Waals surface area (Å²) in [4.78, 5) is 11.5. The Bertz CT molecular complexity index is 386. The summed E-state index contributed by atoms with van der Waals surface area (Å²) in [5.41, 5.74) is 0.993. The van der Waals surface area contributed by atoms with E-state index in [1.807, 2.05) is 12.1 Å². The van der Waals surface area contributed by atoms with Crippen molar-refractivity contribution in [2.45, 2.75) is 31.7 Å². The highest BCUT2D eigenvalue weighted by atomic mass is 35.5. The maximum Gasteiger partial charge on any atom is 0.220 e. The van der Waals surface area contributed by atoms with E-state index in [9.17, 15) is 4.79 Å². The number of halogens is 2. The van der Waals surface area contributed by atoms with Gasteiger partial charge in [0, 0.05) is 16.5 Å². The van der Waals surface area contributed by atoms with E-state index in [0.29, 0.717) is 16.5 Å². The molecule has 0 aromatic heterocycles. The minimum atomic E-state index is 0.0474. The normalized spacial score (nSPS) is 21.4. The van der Waals surface area contributed by atoms with Crippen molar-refractivity contribution < 1.29 is 4.79 Å². The van der Waals surface area contributed by atoms with E-state index in [1.165, 1.54) is 0 Å². The molecule has 1 aromatic carbocycles. The minimum absolute atomic E-state index is 0.0474. The Hall–Kier alpha value is -0.730. The number of hydrogen-bond donors (Lipinski definition) is 1. The lowest BCUT2D eigenvalue weighted by molar-refractivity contribution is -0.121. The van der Waals surface area contributed by atoms with Crippen LogP contribution in [-0.2, 0) is 4.79 Å². The lowest BCUT2D eigenvalue weighted by Gasteiger charge is -2.16. The molecule has 16 heavy (non-hydrogen) atoms. The van der Waals surface area contributed by atoms with Gasteiger partial charge in [0.05, 0.1) is 6.04 Å². The third-order valence-electron chi connectivity index (χ3n) is 2.77. The van der Waals surface area contributed by atoms with Gasteiger partial charge in [0.25, 0.3) is 0 Å². The summed E-state index contributed by atoms with van der Waals surface area (Å²) < 4.78 is 0. The van der Waals surface area contributed by atoms with Crippen molar-refractivity contribution in [1.29, 1.82) is 0 Å². The molecule has 1 heterocycles. The van der Waals surface area contributed by atoms with Crippen molar-refractivity contribution in [3.05, 3.63) is 33.8 Å². The first-order chi connectivity index (χ1) is 7.65. The van der Waals surface area contributed by atoms with Gasteiger partial charge in [0.15, 0.2) is 0 Å². The lowest BCUT2D eigenvalue weighted by atomic mass is 10.0. The Kier molecular flexibility index (Phi) is 3.72. The second-order valence-corrected chi connectivity index (χ2v) is 4.94. The molecule has 0 aliphatic carbocycles. The van der Waals surface area contributed by atoms with Gasteiger partial charge >= 0.3 is 0 Å². The van der Waals surface area contributed by atoms with Gasteiger partial charge in [-0.3, -0.25) is 4.79 Å². The number of amides is 1. The summed E-state index contributed by atoms with van der Waals surface area (Å²) in [7, 11) is 0. The molecule has 1 atom stereocenters. The molecule has 1 aromatic rings. The highest BCUT2D eigenvalue weighted by Crippen LogP contribution is 2.28. The van der Waals surface area contributed by atoms with E-state index in [1.54, 1.807) is 6.07 Å². The quantitative estimate of drug-likeness (QED) is 0.817. The first kappa shape index (κ1) is 11.7. The van der Waals surface area contributed by atoms with Crippen LogP contribution in [0.4, 0.5) is 0 Å². The van der Waals surface area contributed by atoms with Crippen LogP contribution in [0.25, 0.3) is 0 Å². The molecular weight excluding hydrogens is 245 g/mol. The molecule has 1 saturated heterocycles. The van der Waals surface area contributed by atoms with E-state index in [0.717, 1.165) is 24.8 Å². The maximum absolute atomic E-state index is 11.5. The number of hydrogen-bond acceptors (Lipinski definition) is 1. The van der Waals surface area contributed by atoms with E-state index in [2.05, 4.69) is 5.32 Å². The third-order valence-corrected chi connectivity index (χ3v) is 3.21. The van der Waals surface area contributed by atoms with Crippen molar-refractivity contribution in [1.82, 2.24) is 5.32 Å². The minimum Gasteiger partial charge on any atom is -0.349 e. The maximum atomic E-state index is 11.5. The molecule has 2 rings (SSSR count). The van der Waals surface area contributed by atoms with Crippen LogP contribution in [0.5, 0.6) is 0 Å². The van der Waals surface area contributed by atoms with Gasteiger partial charge in [0.2, 0.25) is 5.91 Å². The van der Waals surface area contributed by atoms with Crippen LogP contribution in [0.3, 0.4) is 0 Å². The summed E-state index contributed by atoms with van der Waals surface area (Å²) >= 11 is 11.9. The number of carbonyl (C=O) groups is 1. The van der Waals surface area contributed by atoms with E-state index in [-0.39, 0.29) is 11.9 Å². The Morgan fingerprint density at radius 3 is 2.50 bits per heavy atom. The Morgan fingerprint density at radius 1 is 1.12 bits per heavy atom. The Morgan fingerprint density at radius 2 is 1.81 bits per heavy atom. The van der Waals surface area contributed by atoms with Crippen molar-refractivity contribution in [3.63, 3.8) is 0 Å².